The van der Waals surface area contributed by atoms with E-state index in [4.69, 9.17) is 9.47 Å². The topological polar surface area (TPSA) is 59.2 Å². The van der Waals surface area contributed by atoms with Crippen LogP contribution in [0.15, 0.2) is 60.7 Å². The molecule has 0 amide bonds. The van der Waals surface area contributed by atoms with Crippen LogP contribution in [0.5, 0.6) is 11.5 Å². The van der Waals surface area contributed by atoms with Crippen molar-refractivity contribution in [1.29, 1.82) is 0 Å². The van der Waals surface area contributed by atoms with Crippen LogP contribution < -0.4 is 14.8 Å². The lowest BCUT2D eigenvalue weighted by Crippen LogP contribution is -2.26. The second-order valence-electron chi connectivity index (χ2n) is 6.77. The van der Waals surface area contributed by atoms with E-state index in [1.54, 1.807) is 0 Å². The van der Waals surface area contributed by atoms with Crippen molar-refractivity contribution < 1.29 is 9.47 Å². The number of ether oxygens (including phenoxy) is 2. The fraction of sp³-hybridized carbons (Fsp3) is 0.318. The molecule has 0 radical (unpaired) electrons. The van der Waals surface area contributed by atoms with Gasteiger partial charge in [-0.25, -0.2) is 0 Å². The van der Waals surface area contributed by atoms with Crippen molar-refractivity contribution in [3.63, 3.8) is 0 Å². The molecule has 0 saturated carbocycles. The number of nitrogens with zero attached hydrogens (tertiary/aromatic N) is 1. The Balaban J connectivity index is 1.29. The third kappa shape index (κ3) is 4.68. The van der Waals surface area contributed by atoms with Gasteiger partial charge in [0, 0.05) is 17.2 Å². The summed E-state index contributed by atoms with van der Waals surface area (Å²) in [4.78, 5) is 0. The molecule has 1 aliphatic heterocycles. The molecular formula is C22H25N3O2. The minimum Gasteiger partial charge on any atom is -0.490 e. The Morgan fingerprint density at radius 2 is 1.52 bits per heavy atom. The predicted molar refractivity (Wildman–Crippen MR) is 106 cm³/mol. The Labute approximate surface area is 159 Å². The minimum absolute atomic E-state index is 0.510. The number of aromatic nitrogens is 2. The maximum Gasteiger partial charge on any atom is 0.122 e. The molecule has 5 heteroatoms. The molecule has 0 aliphatic carbocycles. The van der Waals surface area contributed by atoms with E-state index in [2.05, 4.69) is 33.7 Å². The summed E-state index contributed by atoms with van der Waals surface area (Å²) in [5, 5.41) is 11.1. The van der Waals surface area contributed by atoms with Gasteiger partial charge in [-0.1, -0.05) is 18.2 Å². The molecule has 1 saturated heterocycles. The lowest BCUT2D eigenvalue weighted by molar-refractivity contribution is 0.217. The molecule has 2 N–H and O–H groups in total. The van der Waals surface area contributed by atoms with E-state index < -0.39 is 0 Å². The van der Waals surface area contributed by atoms with E-state index >= 15 is 0 Å². The van der Waals surface area contributed by atoms with Gasteiger partial charge in [0.2, 0.25) is 0 Å². The lowest BCUT2D eigenvalue weighted by Gasteiger charge is -2.20. The molecule has 1 aliphatic rings. The molecule has 0 unspecified atom stereocenters. The number of H-pyrrole nitrogens is 1. The van der Waals surface area contributed by atoms with Crippen molar-refractivity contribution in [3.8, 4) is 22.8 Å². The van der Waals surface area contributed by atoms with Gasteiger partial charge in [0.25, 0.3) is 0 Å². The molecule has 2 heterocycles. The molecule has 2 aromatic carbocycles. The quantitative estimate of drug-likeness (QED) is 0.623. The van der Waals surface area contributed by atoms with Gasteiger partial charge in [-0.05, 0) is 68.4 Å². The zero-order valence-electron chi connectivity index (χ0n) is 15.4. The summed E-state index contributed by atoms with van der Waals surface area (Å²) in [5.41, 5.74) is 3.33. The Bertz CT molecular complexity index is 824. The third-order valence-corrected chi connectivity index (χ3v) is 4.89. The van der Waals surface area contributed by atoms with Crippen LogP contribution in [0.25, 0.3) is 11.3 Å². The van der Waals surface area contributed by atoms with Crippen LogP contribution in [-0.2, 0) is 0 Å². The van der Waals surface area contributed by atoms with Gasteiger partial charge in [0.1, 0.15) is 24.7 Å². The second kappa shape index (κ2) is 8.73. The molecule has 140 valence electrons. The Morgan fingerprint density at radius 1 is 0.852 bits per heavy atom. The van der Waals surface area contributed by atoms with Crippen molar-refractivity contribution in [2.45, 2.75) is 18.8 Å². The summed E-state index contributed by atoms with van der Waals surface area (Å²) < 4.78 is 11.4. The van der Waals surface area contributed by atoms with Crippen LogP contribution in [0.1, 0.15) is 24.5 Å². The molecule has 0 bridgehead atoms. The average Bonchev–Trinajstić information content (AvgIpc) is 3.23. The lowest BCUT2D eigenvalue weighted by atomic mass is 9.94. The van der Waals surface area contributed by atoms with Crippen molar-refractivity contribution in [2.75, 3.05) is 26.3 Å². The van der Waals surface area contributed by atoms with Crippen molar-refractivity contribution >= 4 is 0 Å². The number of para-hydroxylation sites is 1. The Kier molecular flexibility index (Phi) is 5.70. The van der Waals surface area contributed by atoms with E-state index in [0.717, 1.165) is 35.8 Å². The van der Waals surface area contributed by atoms with Gasteiger partial charge >= 0.3 is 0 Å². The van der Waals surface area contributed by atoms with Crippen LogP contribution in [0.2, 0.25) is 0 Å². The van der Waals surface area contributed by atoms with E-state index in [9.17, 15) is 0 Å². The van der Waals surface area contributed by atoms with Gasteiger partial charge in [-0.15, -0.1) is 0 Å². The molecule has 27 heavy (non-hydrogen) atoms. The highest BCUT2D eigenvalue weighted by molar-refractivity contribution is 5.60. The molecular weight excluding hydrogens is 338 g/mol. The fourth-order valence-electron chi connectivity index (χ4n) is 3.38. The number of benzene rings is 2. The zero-order chi connectivity index (χ0) is 18.3. The Morgan fingerprint density at radius 3 is 2.22 bits per heavy atom. The molecule has 4 rings (SSSR count). The molecule has 1 fully saturated rings. The molecule has 3 aromatic rings. The Hall–Kier alpha value is -2.79. The number of piperidine rings is 1. The maximum atomic E-state index is 5.76. The molecule has 0 spiro atoms. The summed E-state index contributed by atoms with van der Waals surface area (Å²) in [6.45, 7) is 3.19. The van der Waals surface area contributed by atoms with Gasteiger partial charge < -0.3 is 14.8 Å². The van der Waals surface area contributed by atoms with Gasteiger partial charge in [-0.3, -0.25) is 5.10 Å². The largest absolute Gasteiger partial charge is 0.490 e. The van der Waals surface area contributed by atoms with E-state index in [-0.39, 0.29) is 0 Å². The van der Waals surface area contributed by atoms with Crippen LogP contribution in [0.3, 0.4) is 0 Å². The number of aromatic amines is 1. The van der Waals surface area contributed by atoms with Crippen LogP contribution in [0.4, 0.5) is 0 Å². The average molecular weight is 363 g/mol. The van der Waals surface area contributed by atoms with E-state index in [1.165, 1.54) is 18.5 Å². The summed E-state index contributed by atoms with van der Waals surface area (Å²) in [7, 11) is 0. The van der Waals surface area contributed by atoms with Crippen molar-refractivity contribution in [2.24, 2.45) is 0 Å². The zero-order valence-corrected chi connectivity index (χ0v) is 15.4. The van der Waals surface area contributed by atoms with E-state index in [0.29, 0.717) is 19.1 Å². The standard InChI is InChI=1S/C22H25N3O2/c1-2-4-19(5-3-1)26-14-15-27-20-8-6-17(7-9-20)21-16-22(25-24-21)18-10-12-23-13-11-18/h1-9,16,18,23H,10-15H2,(H,24,25). The molecule has 0 atom stereocenters. The summed E-state index contributed by atoms with van der Waals surface area (Å²) >= 11 is 0. The normalized spacial score (nSPS) is 14.8. The summed E-state index contributed by atoms with van der Waals surface area (Å²) in [5.74, 6) is 2.28. The maximum absolute atomic E-state index is 5.76. The fourth-order valence-corrected chi connectivity index (χ4v) is 3.38. The molecule has 1 aromatic heterocycles. The SMILES string of the molecule is c1ccc(OCCOc2ccc(-c3cc(C4CCNCC4)[nH]n3)cc2)cc1. The number of hydrogen-bond donors (Lipinski definition) is 2. The third-order valence-electron chi connectivity index (χ3n) is 4.89. The second-order valence-corrected chi connectivity index (χ2v) is 6.77. The first-order valence-electron chi connectivity index (χ1n) is 9.55. The molecule has 5 nitrogen and oxygen atoms in total. The van der Waals surface area contributed by atoms with Crippen molar-refractivity contribution in [3.05, 3.63) is 66.4 Å². The highest BCUT2D eigenvalue weighted by Crippen LogP contribution is 2.28. The highest BCUT2D eigenvalue weighted by atomic mass is 16.5. The first kappa shape index (κ1) is 17.6. The predicted octanol–water partition coefficient (Wildman–Crippen LogP) is 4.00. The van der Waals surface area contributed by atoms with Crippen LogP contribution in [0, 0.1) is 0 Å². The smallest absolute Gasteiger partial charge is 0.122 e. The number of nitrogens with one attached hydrogen (secondary N) is 2. The van der Waals surface area contributed by atoms with Gasteiger partial charge in [0.05, 0.1) is 5.69 Å². The van der Waals surface area contributed by atoms with Gasteiger partial charge in [-0.2, -0.15) is 5.10 Å². The minimum atomic E-state index is 0.510. The van der Waals surface area contributed by atoms with Crippen LogP contribution >= 0.6 is 0 Å². The van der Waals surface area contributed by atoms with E-state index in [1.807, 2.05) is 42.5 Å². The van der Waals surface area contributed by atoms with Crippen LogP contribution in [-0.4, -0.2) is 36.5 Å². The summed E-state index contributed by atoms with van der Waals surface area (Å²) in [6, 6.07) is 20.0. The first-order chi connectivity index (χ1) is 13.4. The number of hydrogen-bond acceptors (Lipinski definition) is 4. The highest BCUT2D eigenvalue weighted by Gasteiger charge is 2.17. The van der Waals surface area contributed by atoms with Crippen molar-refractivity contribution in [1.82, 2.24) is 15.5 Å². The summed E-state index contributed by atoms with van der Waals surface area (Å²) in [6.07, 6.45) is 2.33. The van der Waals surface area contributed by atoms with Gasteiger partial charge in [0.15, 0.2) is 0 Å². The monoisotopic (exact) mass is 363 g/mol. The number of rotatable bonds is 7. The first-order valence-corrected chi connectivity index (χ1v) is 9.55.